The molecule has 3 rings (SSSR count). The van der Waals surface area contributed by atoms with E-state index in [1.807, 2.05) is 16.8 Å². The number of nitro groups is 1. The predicted octanol–water partition coefficient (Wildman–Crippen LogP) is 3.29. The van der Waals surface area contributed by atoms with Crippen LogP contribution >= 0.6 is 11.3 Å². The number of non-ortho nitro benzene ring substituents is 1. The second-order valence-corrected chi connectivity index (χ2v) is 4.85. The Hall–Kier alpha value is -2.74. The number of benzene rings is 1. The molecule has 0 aliphatic rings. The molecular weight excluding hydrogens is 294 g/mol. The Morgan fingerprint density at radius 3 is 3.05 bits per heavy atom. The summed E-state index contributed by atoms with van der Waals surface area (Å²) in [5.74, 6) is 1.18. The molecule has 2 heterocycles. The lowest BCUT2D eigenvalue weighted by molar-refractivity contribution is -0.384. The zero-order chi connectivity index (χ0) is 14.7. The van der Waals surface area contributed by atoms with Crippen LogP contribution in [0.5, 0.6) is 5.75 Å². The van der Waals surface area contributed by atoms with Gasteiger partial charge in [0, 0.05) is 11.4 Å². The van der Waals surface area contributed by atoms with Crippen LogP contribution in [0.15, 0.2) is 45.6 Å². The second-order valence-electron chi connectivity index (χ2n) is 4.07. The Morgan fingerprint density at radius 2 is 2.29 bits per heavy atom. The van der Waals surface area contributed by atoms with Crippen LogP contribution in [0.25, 0.3) is 11.5 Å². The maximum absolute atomic E-state index is 10.7. The lowest BCUT2D eigenvalue weighted by Gasteiger charge is -2.02. The molecule has 7 nitrogen and oxygen atoms in total. The summed E-state index contributed by atoms with van der Waals surface area (Å²) in [6.07, 6.45) is 0. The molecular formula is C13H9N3O4S. The second kappa shape index (κ2) is 5.71. The van der Waals surface area contributed by atoms with Gasteiger partial charge in [-0.1, -0.05) is 11.2 Å². The van der Waals surface area contributed by atoms with Gasteiger partial charge in [0.1, 0.15) is 5.75 Å². The Labute approximate surface area is 123 Å². The van der Waals surface area contributed by atoms with Crippen LogP contribution in [-0.2, 0) is 6.61 Å². The van der Waals surface area contributed by atoms with E-state index in [9.17, 15) is 10.1 Å². The highest BCUT2D eigenvalue weighted by Gasteiger charge is 2.11. The third-order valence-corrected chi connectivity index (χ3v) is 3.32. The Balaban J connectivity index is 1.68. The number of ether oxygens (including phenoxy) is 1. The van der Waals surface area contributed by atoms with Crippen LogP contribution in [0.3, 0.4) is 0 Å². The monoisotopic (exact) mass is 303 g/mol. The maximum Gasteiger partial charge on any atom is 0.273 e. The van der Waals surface area contributed by atoms with Crippen molar-refractivity contribution in [2.24, 2.45) is 0 Å². The van der Waals surface area contributed by atoms with Crippen molar-refractivity contribution in [1.82, 2.24) is 10.1 Å². The molecule has 0 saturated heterocycles. The summed E-state index contributed by atoms with van der Waals surface area (Å²) in [6.45, 7) is 0.0782. The fourth-order valence-electron chi connectivity index (χ4n) is 1.65. The first-order valence-corrected chi connectivity index (χ1v) is 6.89. The zero-order valence-electron chi connectivity index (χ0n) is 10.6. The van der Waals surface area contributed by atoms with Gasteiger partial charge in [0.05, 0.1) is 16.6 Å². The van der Waals surface area contributed by atoms with Crippen molar-refractivity contribution in [3.8, 4) is 17.2 Å². The molecule has 0 bridgehead atoms. The highest BCUT2D eigenvalue weighted by atomic mass is 32.1. The molecule has 106 valence electrons. The fraction of sp³-hybridized carbons (Fsp3) is 0.0769. The smallest absolute Gasteiger partial charge is 0.273 e. The van der Waals surface area contributed by atoms with Crippen LogP contribution in [0.2, 0.25) is 0 Å². The summed E-state index contributed by atoms with van der Waals surface area (Å²) in [7, 11) is 0. The average molecular weight is 303 g/mol. The summed E-state index contributed by atoms with van der Waals surface area (Å²) in [4.78, 5) is 14.4. The van der Waals surface area contributed by atoms with Gasteiger partial charge in [0.25, 0.3) is 11.6 Å². The van der Waals surface area contributed by atoms with Gasteiger partial charge < -0.3 is 9.26 Å². The van der Waals surface area contributed by atoms with Crippen molar-refractivity contribution >= 4 is 17.0 Å². The molecule has 0 saturated carbocycles. The quantitative estimate of drug-likeness (QED) is 0.530. The fourth-order valence-corrected chi connectivity index (χ4v) is 2.28. The van der Waals surface area contributed by atoms with E-state index in [1.54, 1.807) is 12.1 Å². The molecule has 0 aliphatic carbocycles. The Kier molecular flexibility index (Phi) is 3.61. The minimum atomic E-state index is -0.476. The number of rotatable bonds is 5. The van der Waals surface area contributed by atoms with Gasteiger partial charge in [-0.3, -0.25) is 10.1 Å². The van der Waals surface area contributed by atoms with Gasteiger partial charge in [-0.05, 0) is 17.5 Å². The molecule has 0 fully saturated rings. The van der Waals surface area contributed by atoms with Crippen molar-refractivity contribution < 1.29 is 14.2 Å². The first kappa shape index (κ1) is 13.3. The minimum absolute atomic E-state index is 0.0282. The summed E-state index contributed by atoms with van der Waals surface area (Å²) < 4.78 is 10.5. The zero-order valence-corrected chi connectivity index (χ0v) is 11.4. The summed E-state index contributed by atoms with van der Waals surface area (Å²) in [5.41, 5.74) is 0.827. The largest absolute Gasteiger partial charge is 0.485 e. The number of aromatic nitrogens is 2. The summed E-state index contributed by atoms with van der Waals surface area (Å²) >= 11 is 1.54. The van der Waals surface area contributed by atoms with E-state index in [-0.39, 0.29) is 12.3 Å². The van der Waals surface area contributed by atoms with Crippen molar-refractivity contribution in [1.29, 1.82) is 0 Å². The maximum atomic E-state index is 10.7. The van der Waals surface area contributed by atoms with E-state index in [1.165, 1.54) is 23.5 Å². The van der Waals surface area contributed by atoms with Crippen molar-refractivity contribution in [2.75, 3.05) is 0 Å². The summed E-state index contributed by atoms with van der Waals surface area (Å²) in [6, 6.07) is 7.81. The van der Waals surface area contributed by atoms with Gasteiger partial charge in [0.2, 0.25) is 5.82 Å². The predicted molar refractivity (Wildman–Crippen MR) is 75.0 cm³/mol. The van der Waals surface area contributed by atoms with Crippen LogP contribution in [0, 0.1) is 10.1 Å². The van der Waals surface area contributed by atoms with Gasteiger partial charge in [-0.2, -0.15) is 16.3 Å². The molecule has 0 atom stereocenters. The third kappa shape index (κ3) is 3.06. The first-order valence-electron chi connectivity index (χ1n) is 5.95. The van der Waals surface area contributed by atoms with Crippen molar-refractivity contribution in [3.63, 3.8) is 0 Å². The third-order valence-electron chi connectivity index (χ3n) is 2.63. The van der Waals surface area contributed by atoms with Crippen molar-refractivity contribution in [3.05, 3.63) is 57.0 Å². The molecule has 2 aromatic heterocycles. The summed E-state index contributed by atoms with van der Waals surface area (Å²) in [5, 5.41) is 18.3. The molecule has 8 heteroatoms. The molecule has 3 aromatic rings. The standard InChI is InChI=1S/C13H9N3O4S/c17-16(18)10-2-1-3-11(6-10)19-7-12-14-13(20-15-12)9-4-5-21-8-9/h1-6,8H,7H2. The van der Waals surface area contributed by atoms with Gasteiger partial charge in [0.15, 0.2) is 6.61 Å². The van der Waals surface area contributed by atoms with Crippen LogP contribution < -0.4 is 4.74 Å². The molecule has 21 heavy (non-hydrogen) atoms. The van der Waals surface area contributed by atoms with E-state index in [2.05, 4.69) is 10.1 Å². The highest BCUT2D eigenvalue weighted by Crippen LogP contribution is 2.22. The number of nitrogens with zero attached hydrogens (tertiary/aromatic N) is 3. The Morgan fingerprint density at radius 1 is 1.38 bits per heavy atom. The van der Waals surface area contributed by atoms with E-state index < -0.39 is 4.92 Å². The SMILES string of the molecule is O=[N+]([O-])c1cccc(OCc2noc(-c3ccsc3)n2)c1. The van der Waals surface area contributed by atoms with Crippen LogP contribution in [-0.4, -0.2) is 15.1 Å². The highest BCUT2D eigenvalue weighted by molar-refractivity contribution is 7.08. The minimum Gasteiger partial charge on any atom is -0.485 e. The first-order chi connectivity index (χ1) is 10.2. The number of nitro benzene ring substituents is 1. The molecule has 0 N–H and O–H groups in total. The average Bonchev–Trinajstić information content (AvgIpc) is 3.16. The van der Waals surface area contributed by atoms with E-state index >= 15 is 0 Å². The van der Waals surface area contributed by atoms with Gasteiger partial charge in [-0.25, -0.2) is 0 Å². The Bertz CT molecular complexity index is 754. The molecule has 0 radical (unpaired) electrons. The van der Waals surface area contributed by atoms with Crippen LogP contribution in [0.1, 0.15) is 5.82 Å². The molecule has 0 unspecified atom stereocenters. The van der Waals surface area contributed by atoms with Crippen molar-refractivity contribution in [2.45, 2.75) is 6.61 Å². The van der Waals surface area contributed by atoms with Gasteiger partial charge >= 0.3 is 0 Å². The topological polar surface area (TPSA) is 91.3 Å². The normalized spacial score (nSPS) is 10.5. The van der Waals surface area contributed by atoms with E-state index in [4.69, 9.17) is 9.26 Å². The van der Waals surface area contributed by atoms with Crippen LogP contribution in [0.4, 0.5) is 5.69 Å². The van der Waals surface area contributed by atoms with Gasteiger partial charge in [-0.15, -0.1) is 0 Å². The lowest BCUT2D eigenvalue weighted by atomic mass is 10.3. The lowest BCUT2D eigenvalue weighted by Crippen LogP contribution is -1.98. The number of thiophene rings is 1. The molecule has 0 aliphatic heterocycles. The molecule has 0 spiro atoms. The van der Waals surface area contributed by atoms with E-state index in [0.29, 0.717) is 17.5 Å². The number of hydrogen-bond donors (Lipinski definition) is 0. The molecule has 0 amide bonds. The van der Waals surface area contributed by atoms with E-state index in [0.717, 1.165) is 5.56 Å². The molecule has 1 aromatic carbocycles. The number of hydrogen-bond acceptors (Lipinski definition) is 7.